The minimum absolute atomic E-state index is 0.0671. The zero-order chi connectivity index (χ0) is 24.9. The Balaban J connectivity index is 2.07. The highest BCUT2D eigenvalue weighted by atomic mass is 28.4. The molecule has 0 aromatic heterocycles. The molecule has 2 heterocycles. The Hall–Kier alpha value is -0.933. The lowest BCUT2D eigenvalue weighted by atomic mass is 9.99. The van der Waals surface area contributed by atoms with Gasteiger partial charge >= 0.3 is 5.97 Å². The highest BCUT2D eigenvalue weighted by molar-refractivity contribution is 6.77. The van der Waals surface area contributed by atoms with Gasteiger partial charge in [0.1, 0.15) is 17.5 Å². The topological polar surface area (TPSA) is 72.5 Å². The molecule has 1 saturated carbocycles. The van der Waals surface area contributed by atoms with E-state index in [1.54, 1.807) is 7.11 Å². The van der Waals surface area contributed by atoms with E-state index >= 15 is 0 Å². The average molecular weight is 485 g/mol. The molecular weight excluding hydrogens is 440 g/mol. The summed E-state index contributed by atoms with van der Waals surface area (Å²) in [5.41, 5.74) is 0.400. The molecule has 0 aromatic rings. The minimum atomic E-state index is -2.23. The molecule has 0 amide bonds. The Morgan fingerprint density at radius 2 is 1.67 bits per heavy atom. The molecule has 1 aliphatic carbocycles. The number of methoxy groups -OCH3 is 2. The lowest BCUT2D eigenvalue weighted by molar-refractivity contribution is -0.321. The molecule has 0 N–H and O–H groups in total. The number of carbonyl (C=O) groups is 1. The third kappa shape index (κ3) is 4.31. The summed E-state index contributed by atoms with van der Waals surface area (Å²) < 4.78 is 37.0. The molecule has 2 fully saturated rings. The standard InChI is InChI=1S/C25H44O7Si/c1-14(2)33(15(3)4,16(5)6)32-18-12-20(25(28-11)17(7)21(25)23(26)27-10)30-19-13-29-24(8,9)31-22(18)19/h12,14-19,21-22H,13H2,1-11H3/t17-,18+,19+,21+,22-,25+/m0/s1. The first-order valence-corrected chi connectivity index (χ1v) is 14.4. The highest BCUT2D eigenvalue weighted by Gasteiger charge is 2.72. The molecule has 0 spiro atoms. The Labute approximate surface area is 200 Å². The van der Waals surface area contributed by atoms with Crippen LogP contribution in [0.1, 0.15) is 62.3 Å². The molecule has 2 aliphatic heterocycles. The minimum Gasteiger partial charge on any atom is -0.487 e. The van der Waals surface area contributed by atoms with E-state index in [1.807, 2.05) is 26.8 Å². The van der Waals surface area contributed by atoms with E-state index in [1.165, 1.54) is 7.11 Å². The lowest BCUT2D eigenvalue weighted by Gasteiger charge is -2.51. The maximum Gasteiger partial charge on any atom is 0.312 e. The highest BCUT2D eigenvalue weighted by Crippen LogP contribution is 2.59. The summed E-state index contributed by atoms with van der Waals surface area (Å²) >= 11 is 0. The molecular formula is C25H44O7Si. The Kier molecular flexibility index (Phi) is 7.48. The second-order valence-electron chi connectivity index (χ2n) is 11.2. The molecule has 3 rings (SSSR count). The van der Waals surface area contributed by atoms with Gasteiger partial charge in [0.05, 0.1) is 25.7 Å². The van der Waals surface area contributed by atoms with Crippen LogP contribution in [0.25, 0.3) is 0 Å². The SMILES string of the molecule is COC(=O)[C@H]1[C@H](C)[C@@]1(OC)C1=C[C@@H](O[Si](C(C)C)(C(C)C)C(C)C)[C@@H]2OC(C)(C)OC[C@H]2O1. The monoisotopic (exact) mass is 484 g/mol. The van der Waals surface area contributed by atoms with Crippen molar-refractivity contribution in [1.82, 2.24) is 0 Å². The molecule has 8 heteroatoms. The van der Waals surface area contributed by atoms with E-state index < -0.39 is 25.6 Å². The van der Waals surface area contributed by atoms with Gasteiger partial charge in [-0.1, -0.05) is 48.5 Å². The van der Waals surface area contributed by atoms with E-state index in [9.17, 15) is 4.79 Å². The number of hydrogen-bond acceptors (Lipinski definition) is 7. The van der Waals surface area contributed by atoms with Crippen LogP contribution < -0.4 is 0 Å². The zero-order valence-electron chi connectivity index (χ0n) is 22.3. The molecule has 33 heavy (non-hydrogen) atoms. The summed E-state index contributed by atoms with van der Waals surface area (Å²) in [6.45, 7) is 19.9. The van der Waals surface area contributed by atoms with E-state index in [0.29, 0.717) is 29.0 Å². The van der Waals surface area contributed by atoms with Crippen LogP contribution in [0, 0.1) is 11.8 Å². The van der Waals surface area contributed by atoms with Crippen molar-refractivity contribution < 1.29 is 32.9 Å². The first-order valence-electron chi connectivity index (χ1n) is 12.3. The van der Waals surface area contributed by atoms with Crippen LogP contribution in [-0.2, 0) is 32.9 Å². The number of rotatable bonds is 8. The van der Waals surface area contributed by atoms with Crippen LogP contribution in [-0.4, -0.2) is 64.8 Å². The molecule has 190 valence electrons. The van der Waals surface area contributed by atoms with Gasteiger partial charge in [0.15, 0.2) is 11.9 Å². The number of esters is 1. The van der Waals surface area contributed by atoms with E-state index in [4.69, 9.17) is 28.1 Å². The molecule has 0 radical (unpaired) electrons. The largest absolute Gasteiger partial charge is 0.487 e. The Morgan fingerprint density at radius 3 is 2.15 bits per heavy atom. The maximum atomic E-state index is 12.5. The molecule has 3 aliphatic rings. The third-order valence-electron chi connectivity index (χ3n) is 8.05. The van der Waals surface area contributed by atoms with Crippen molar-refractivity contribution in [2.45, 2.75) is 109 Å². The number of ether oxygens (including phenoxy) is 5. The molecule has 0 bridgehead atoms. The summed E-state index contributed by atoms with van der Waals surface area (Å²) in [5, 5.41) is 0. The van der Waals surface area contributed by atoms with E-state index in [0.717, 1.165) is 0 Å². The number of fused-ring (bicyclic) bond motifs is 1. The fourth-order valence-electron chi connectivity index (χ4n) is 6.44. The fourth-order valence-corrected chi connectivity index (χ4v) is 11.9. The van der Waals surface area contributed by atoms with Crippen molar-refractivity contribution in [2.24, 2.45) is 11.8 Å². The first-order chi connectivity index (χ1) is 15.3. The normalized spacial score (nSPS) is 35.8. The van der Waals surface area contributed by atoms with Gasteiger partial charge in [-0.15, -0.1) is 0 Å². The van der Waals surface area contributed by atoms with Gasteiger partial charge in [0, 0.05) is 13.0 Å². The zero-order valence-corrected chi connectivity index (χ0v) is 23.3. The number of carbonyl (C=O) groups excluding carboxylic acids is 1. The summed E-state index contributed by atoms with van der Waals surface area (Å²) in [6.07, 6.45) is 1.04. The van der Waals surface area contributed by atoms with Crippen LogP contribution in [0.2, 0.25) is 16.6 Å². The van der Waals surface area contributed by atoms with E-state index in [-0.39, 0.29) is 30.2 Å². The van der Waals surface area contributed by atoms with Crippen LogP contribution in [0.3, 0.4) is 0 Å². The molecule has 1 saturated heterocycles. The molecule has 0 unspecified atom stereocenters. The maximum absolute atomic E-state index is 12.5. The van der Waals surface area contributed by atoms with Crippen LogP contribution in [0.4, 0.5) is 0 Å². The van der Waals surface area contributed by atoms with Gasteiger partial charge in [-0.05, 0) is 36.5 Å². The van der Waals surface area contributed by atoms with Gasteiger partial charge in [-0.25, -0.2) is 0 Å². The second kappa shape index (κ2) is 9.26. The van der Waals surface area contributed by atoms with Crippen molar-refractivity contribution in [3.63, 3.8) is 0 Å². The summed E-state index contributed by atoms with van der Waals surface area (Å²) in [6, 6.07) is 0. The van der Waals surface area contributed by atoms with Crippen molar-refractivity contribution in [3.8, 4) is 0 Å². The van der Waals surface area contributed by atoms with Gasteiger partial charge in [-0.2, -0.15) is 0 Å². The van der Waals surface area contributed by atoms with E-state index in [2.05, 4.69) is 41.5 Å². The molecule has 7 nitrogen and oxygen atoms in total. The van der Waals surface area contributed by atoms with Crippen LogP contribution in [0.5, 0.6) is 0 Å². The lowest BCUT2D eigenvalue weighted by Crippen LogP contribution is -2.61. The second-order valence-corrected chi connectivity index (χ2v) is 16.6. The van der Waals surface area contributed by atoms with Crippen molar-refractivity contribution in [2.75, 3.05) is 20.8 Å². The van der Waals surface area contributed by atoms with Crippen molar-refractivity contribution >= 4 is 14.3 Å². The molecule has 6 atom stereocenters. The predicted octanol–water partition coefficient (Wildman–Crippen LogP) is 4.81. The van der Waals surface area contributed by atoms with Gasteiger partial charge in [0.2, 0.25) is 8.32 Å². The number of hydrogen-bond donors (Lipinski definition) is 0. The van der Waals surface area contributed by atoms with Crippen molar-refractivity contribution in [1.29, 1.82) is 0 Å². The van der Waals surface area contributed by atoms with Crippen LogP contribution in [0.15, 0.2) is 11.8 Å². The van der Waals surface area contributed by atoms with Crippen molar-refractivity contribution in [3.05, 3.63) is 11.8 Å². The molecule has 0 aromatic carbocycles. The first kappa shape index (κ1) is 26.7. The van der Waals surface area contributed by atoms with Gasteiger partial charge in [0.25, 0.3) is 0 Å². The summed E-state index contributed by atoms with van der Waals surface area (Å²) in [5.74, 6) is -0.871. The van der Waals surface area contributed by atoms with Gasteiger partial charge in [-0.3, -0.25) is 4.79 Å². The summed E-state index contributed by atoms with van der Waals surface area (Å²) in [7, 11) is 0.798. The third-order valence-corrected chi connectivity index (χ3v) is 14.1. The Morgan fingerprint density at radius 1 is 1.09 bits per heavy atom. The average Bonchev–Trinajstić information content (AvgIpc) is 3.35. The quantitative estimate of drug-likeness (QED) is 0.362. The fraction of sp³-hybridized carbons (Fsp3) is 0.880. The summed E-state index contributed by atoms with van der Waals surface area (Å²) in [4.78, 5) is 12.5. The smallest absolute Gasteiger partial charge is 0.312 e. The van der Waals surface area contributed by atoms with Crippen LogP contribution >= 0.6 is 0 Å². The van der Waals surface area contributed by atoms with Gasteiger partial charge < -0.3 is 28.1 Å². The Bertz CT molecular complexity index is 740. The predicted molar refractivity (Wildman–Crippen MR) is 128 cm³/mol.